The first-order chi connectivity index (χ1) is 9.70. The van der Waals surface area contributed by atoms with Crippen molar-refractivity contribution in [3.05, 3.63) is 57.7 Å². The smallest absolute Gasteiger partial charge is 0.162 e. The fourth-order valence-corrected chi connectivity index (χ4v) is 2.39. The predicted molar refractivity (Wildman–Crippen MR) is 89.9 cm³/mol. The van der Waals surface area contributed by atoms with Crippen LogP contribution in [0.5, 0.6) is 0 Å². The number of aliphatic hydroxyl groups excluding tert-OH is 1. The van der Waals surface area contributed by atoms with Crippen LogP contribution < -0.4 is 0 Å². The number of carbonyl (C=O) groups is 1. The first-order valence-electron chi connectivity index (χ1n) is 6.71. The van der Waals surface area contributed by atoms with Gasteiger partial charge in [-0.1, -0.05) is 36.4 Å². The van der Waals surface area contributed by atoms with Gasteiger partial charge in [0.05, 0.1) is 0 Å². The predicted octanol–water partition coefficient (Wildman–Crippen LogP) is 4.30. The Morgan fingerprint density at radius 1 is 0.900 bits per heavy atom. The van der Waals surface area contributed by atoms with Crippen molar-refractivity contribution in [3.63, 3.8) is 0 Å². The third-order valence-electron chi connectivity index (χ3n) is 3.20. The van der Waals surface area contributed by atoms with Gasteiger partial charge in [0.25, 0.3) is 0 Å². The maximum Gasteiger partial charge on any atom is 0.162 e. The number of halogens is 1. The van der Waals surface area contributed by atoms with Gasteiger partial charge >= 0.3 is 0 Å². The summed E-state index contributed by atoms with van der Waals surface area (Å²) in [6, 6.07) is 16.1. The van der Waals surface area contributed by atoms with E-state index in [0.29, 0.717) is 12.8 Å². The fraction of sp³-hybridized carbons (Fsp3) is 0.235. The van der Waals surface area contributed by atoms with E-state index in [1.807, 2.05) is 24.3 Å². The van der Waals surface area contributed by atoms with Crippen LogP contribution in [0.15, 0.2) is 48.5 Å². The first kappa shape index (κ1) is 15.2. The summed E-state index contributed by atoms with van der Waals surface area (Å²) >= 11 is 2.28. The standard InChI is InChI=1S/C17H17IO2/c18-16-10-8-14(9-11-16)13-4-6-15(7-5-13)17(20)3-1-2-12-19/h4-11,19H,1-3,12H2. The average molecular weight is 380 g/mol. The molecule has 0 unspecified atom stereocenters. The lowest BCUT2D eigenvalue weighted by Crippen LogP contribution is -1.99. The van der Waals surface area contributed by atoms with Gasteiger partial charge in [-0.05, 0) is 58.7 Å². The second-order valence-electron chi connectivity index (χ2n) is 4.69. The molecule has 0 radical (unpaired) electrons. The van der Waals surface area contributed by atoms with Crippen LogP contribution in [0.25, 0.3) is 11.1 Å². The lowest BCUT2D eigenvalue weighted by atomic mass is 10.0. The summed E-state index contributed by atoms with van der Waals surface area (Å²) in [6.07, 6.45) is 1.93. The summed E-state index contributed by atoms with van der Waals surface area (Å²) in [4.78, 5) is 11.9. The normalized spacial score (nSPS) is 10.5. The van der Waals surface area contributed by atoms with Crippen molar-refractivity contribution in [1.29, 1.82) is 0 Å². The van der Waals surface area contributed by atoms with Crippen LogP contribution in [0.3, 0.4) is 0 Å². The van der Waals surface area contributed by atoms with E-state index in [1.54, 1.807) is 0 Å². The number of unbranched alkanes of at least 4 members (excludes halogenated alkanes) is 1. The van der Waals surface area contributed by atoms with E-state index >= 15 is 0 Å². The zero-order valence-corrected chi connectivity index (χ0v) is 13.3. The van der Waals surface area contributed by atoms with Gasteiger partial charge in [0, 0.05) is 22.2 Å². The molecule has 0 aliphatic carbocycles. The minimum atomic E-state index is 0.146. The average Bonchev–Trinajstić information content (AvgIpc) is 2.48. The summed E-state index contributed by atoms with van der Waals surface area (Å²) < 4.78 is 1.21. The van der Waals surface area contributed by atoms with Crippen LogP contribution in [0.2, 0.25) is 0 Å². The van der Waals surface area contributed by atoms with E-state index < -0.39 is 0 Å². The Kier molecular flexibility index (Phi) is 5.73. The molecule has 2 nitrogen and oxygen atoms in total. The Hall–Kier alpha value is -1.20. The molecule has 1 N–H and O–H groups in total. The molecule has 0 bridgehead atoms. The number of Topliss-reactive ketones (excluding diaryl/α,β-unsaturated/α-hetero) is 1. The third-order valence-corrected chi connectivity index (χ3v) is 3.92. The number of hydrogen-bond acceptors (Lipinski definition) is 2. The van der Waals surface area contributed by atoms with Crippen LogP contribution >= 0.6 is 22.6 Å². The van der Waals surface area contributed by atoms with Crippen molar-refractivity contribution in [2.24, 2.45) is 0 Å². The van der Waals surface area contributed by atoms with E-state index in [9.17, 15) is 4.79 Å². The summed E-state index contributed by atoms with van der Waals surface area (Å²) in [5, 5.41) is 8.72. The zero-order valence-electron chi connectivity index (χ0n) is 11.2. The molecule has 2 aromatic rings. The summed E-state index contributed by atoms with van der Waals surface area (Å²) in [5.74, 6) is 0.146. The molecule has 0 atom stereocenters. The van der Waals surface area contributed by atoms with Crippen molar-refractivity contribution >= 4 is 28.4 Å². The van der Waals surface area contributed by atoms with Crippen LogP contribution in [-0.2, 0) is 0 Å². The molecule has 0 aliphatic rings. The van der Waals surface area contributed by atoms with E-state index in [4.69, 9.17) is 5.11 Å². The molecule has 0 heterocycles. The fourth-order valence-electron chi connectivity index (χ4n) is 2.03. The highest BCUT2D eigenvalue weighted by atomic mass is 127. The number of aliphatic hydroxyl groups is 1. The molecule has 0 fully saturated rings. The summed E-state index contributed by atoms with van der Waals surface area (Å²) in [5.41, 5.74) is 3.02. The lowest BCUT2D eigenvalue weighted by Gasteiger charge is -2.04. The third kappa shape index (κ3) is 4.15. The van der Waals surface area contributed by atoms with E-state index in [2.05, 4.69) is 46.9 Å². The molecule has 104 valence electrons. The zero-order chi connectivity index (χ0) is 14.4. The minimum absolute atomic E-state index is 0.146. The number of hydrogen-bond donors (Lipinski definition) is 1. The van der Waals surface area contributed by atoms with Gasteiger partial charge in [-0.3, -0.25) is 4.79 Å². The first-order valence-corrected chi connectivity index (χ1v) is 7.78. The van der Waals surface area contributed by atoms with E-state index in [0.717, 1.165) is 23.1 Å². The Morgan fingerprint density at radius 2 is 1.45 bits per heavy atom. The summed E-state index contributed by atoms with van der Waals surface area (Å²) in [7, 11) is 0. The Bertz CT molecular complexity index is 559. The lowest BCUT2D eigenvalue weighted by molar-refractivity contribution is 0.0977. The number of carbonyl (C=O) groups excluding carboxylic acids is 1. The molecule has 0 saturated heterocycles. The molecular formula is C17H17IO2. The van der Waals surface area contributed by atoms with Gasteiger partial charge < -0.3 is 5.11 Å². The van der Waals surface area contributed by atoms with Crippen molar-refractivity contribution in [3.8, 4) is 11.1 Å². The van der Waals surface area contributed by atoms with Crippen LogP contribution in [0.4, 0.5) is 0 Å². The number of ketones is 1. The molecule has 0 saturated carbocycles. The molecule has 2 aromatic carbocycles. The molecule has 20 heavy (non-hydrogen) atoms. The maximum atomic E-state index is 11.9. The molecule has 0 spiro atoms. The molecular weight excluding hydrogens is 363 g/mol. The van der Waals surface area contributed by atoms with Gasteiger partial charge in [-0.15, -0.1) is 0 Å². The summed E-state index contributed by atoms with van der Waals surface area (Å²) in [6.45, 7) is 0.152. The molecule has 0 aliphatic heterocycles. The van der Waals surface area contributed by atoms with Gasteiger partial charge in [0.1, 0.15) is 0 Å². The van der Waals surface area contributed by atoms with Gasteiger partial charge in [0.2, 0.25) is 0 Å². The van der Waals surface area contributed by atoms with E-state index in [1.165, 1.54) is 3.57 Å². The van der Waals surface area contributed by atoms with Crippen LogP contribution in [0, 0.1) is 3.57 Å². The number of rotatable bonds is 6. The van der Waals surface area contributed by atoms with E-state index in [-0.39, 0.29) is 12.4 Å². The highest BCUT2D eigenvalue weighted by Gasteiger charge is 2.06. The Balaban J connectivity index is 2.06. The molecule has 0 amide bonds. The molecule has 3 heteroatoms. The van der Waals surface area contributed by atoms with Crippen molar-refractivity contribution in [2.45, 2.75) is 19.3 Å². The number of benzene rings is 2. The molecule has 0 aromatic heterocycles. The van der Waals surface area contributed by atoms with Gasteiger partial charge in [-0.2, -0.15) is 0 Å². The van der Waals surface area contributed by atoms with Crippen molar-refractivity contribution in [1.82, 2.24) is 0 Å². The van der Waals surface area contributed by atoms with Crippen LogP contribution in [0.1, 0.15) is 29.6 Å². The second-order valence-corrected chi connectivity index (χ2v) is 5.93. The molecule has 2 rings (SSSR count). The highest BCUT2D eigenvalue weighted by Crippen LogP contribution is 2.21. The van der Waals surface area contributed by atoms with Crippen molar-refractivity contribution < 1.29 is 9.90 Å². The Morgan fingerprint density at radius 3 is 2.00 bits per heavy atom. The van der Waals surface area contributed by atoms with Gasteiger partial charge in [-0.25, -0.2) is 0 Å². The maximum absolute atomic E-state index is 11.9. The quantitative estimate of drug-likeness (QED) is 0.461. The van der Waals surface area contributed by atoms with Crippen LogP contribution in [-0.4, -0.2) is 17.5 Å². The monoisotopic (exact) mass is 380 g/mol. The Labute approximate surface area is 133 Å². The highest BCUT2D eigenvalue weighted by molar-refractivity contribution is 14.1. The largest absolute Gasteiger partial charge is 0.396 e. The van der Waals surface area contributed by atoms with Gasteiger partial charge in [0.15, 0.2) is 5.78 Å². The topological polar surface area (TPSA) is 37.3 Å². The SMILES string of the molecule is O=C(CCCCO)c1ccc(-c2ccc(I)cc2)cc1. The van der Waals surface area contributed by atoms with Crippen molar-refractivity contribution in [2.75, 3.05) is 6.61 Å². The second kappa shape index (κ2) is 7.55. The minimum Gasteiger partial charge on any atom is -0.396 e.